The Morgan fingerprint density at radius 1 is 1.37 bits per heavy atom. The topological polar surface area (TPSA) is 77.2 Å². The van der Waals surface area contributed by atoms with Crippen LogP contribution in [-0.2, 0) is 10.3 Å². The maximum Gasteiger partial charge on any atom is 0.272 e. The van der Waals surface area contributed by atoms with Gasteiger partial charge in [0.05, 0.1) is 11.1 Å². The second-order valence-electron chi connectivity index (χ2n) is 6.65. The average Bonchev–Trinajstić information content (AvgIpc) is 3.05. The van der Waals surface area contributed by atoms with Crippen LogP contribution in [0.2, 0.25) is 0 Å². The standard InChI is InChI=1S/C19H20IN3O3S/c1-11-10-25-23-16(11)19(2,3)22-17(24)18(27-4)26-14-5-6-15-12(8-14)7-13(20)9-21-15/h5-10,18H,1-4H3,(H,22,24). The Labute approximate surface area is 175 Å². The van der Waals surface area contributed by atoms with Gasteiger partial charge in [-0.2, -0.15) is 0 Å². The van der Waals surface area contributed by atoms with E-state index in [1.165, 1.54) is 11.8 Å². The molecule has 3 aromatic rings. The van der Waals surface area contributed by atoms with Crippen molar-refractivity contribution in [2.24, 2.45) is 0 Å². The summed E-state index contributed by atoms with van der Waals surface area (Å²) in [7, 11) is 0. The second-order valence-corrected chi connectivity index (χ2v) is 8.80. The van der Waals surface area contributed by atoms with Crippen molar-refractivity contribution >= 4 is 51.2 Å². The van der Waals surface area contributed by atoms with Gasteiger partial charge in [0.2, 0.25) is 5.44 Å². The van der Waals surface area contributed by atoms with Crippen LogP contribution < -0.4 is 10.1 Å². The van der Waals surface area contributed by atoms with Gasteiger partial charge < -0.3 is 14.6 Å². The van der Waals surface area contributed by atoms with E-state index in [1.54, 1.807) is 6.26 Å². The first-order valence-electron chi connectivity index (χ1n) is 8.28. The Hall–Kier alpha value is -1.81. The summed E-state index contributed by atoms with van der Waals surface area (Å²) in [5, 5.41) is 7.97. The predicted octanol–water partition coefficient (Wildman–Crippen LogP) is 4.26. The molecule has 0 spiro atoms. The van der Waals surface area contributed by atoms with Crippen molar-refractivity contribution in [1.29, 1.82) is 0 Å². The number of aryl methyl sites for hydroxylation is 1. The van der Waals surface area contributed by atoms with Crippen LogP contribution in [0.4, 0.5) is 0 Å². The molecule has 8 heteroatoms. The zero-order chi connectivity index (χ0) is 19.6. The maximum atomic E-state index is 12.8. The van der Waals surface area contributed by atoms with Crippen molar-refractivity contribution in [3.63, 3.8) is 0 Å². The van der Waals surface area contributed by atoms with Crippen LogP contribution in [0.1, 0.15) is 25.1 Å². The Kier molecular flexibility index (Phi) is 5.95. The Morgan fingerprint density at radius 2 is 2.15 bits per heavy atom. The lowest BCUT2D eigenvalue weighted by Gasteiger charge is -2.27. The summed E-state index contributed by atoms with van der Waals surface area (Å²) in [6.45, 7) is 5.67. The van der Waals surface area contributed by atoms with E-state index in [0.717, 1.165) is 20.0 Å². The van der Waals surface area contributed by atoms with Gasteiger partial charge in [0.25, 0.3) is 5.91 Å². The zero-order valence-corrected chi connectivity index (χ0v) is 18.4. The summed E-state index contributed by atoms with van der Waals surface area (Å²) >= 11 is 3.55. The van der Waals surface area contributed by atoms with Crippen LogP contribution in [0.25, 0.3) is 10.9 Å². The van der Waals surface area contributed by atoms with Crippen molar-refractivity contribution < 1.29 is 14.1 Å². The molecule has 6 nitrogen and oxygen atoms in total. The number of nitrogens with zero attached hydrogens (tertiary/aromatic N) is 2. The van der Waals surface area contributed by atoms with Crippen LogP contribution >= 0.6 is 34.4 Å². The molecule has 0 aliphatic rings. The number of ether oxygens (including phenoxy) is 1. The fourth-order valence-corrected chi connectivity index (χ4v) is 3.76. The van der Waals surface area contributed by atoms with Crippen molar-refractivity contribution in [1.82, 2.24) is 15.5 Å². The first-order valence-corrected chi connectivity index (χ1v) is 10.6. The van der Waals surface area contributed by atoms with Crippen molar-refractivity contribution in [2.75, 3.05) is 6.26 Å². The number of carbonyl (C=O) groups excluding carboxylic acids is 1. The minimum Gasteiger partial charge on any atom is -0.470 e. The van der Waals surface area contributed by atoms with Gasteiger partial charge in [-0.3, -0.25) is 9.78 Å². The Balaban J connectivity index is 1.76. The number of aromatic nitrogens is 2. The fourth-order valence-electron chi connectivity index (χ4n) is 2.81. The van der Waals surface area contributed by atoms with Crippen LogP contribution in [-0.4, -0.2) is 27.7 Å². The summed E-state index contributed by atoms with van der Waals surface area (Å²) in [5.74, 6) is 0.395. The van der Waals surface area contributed by atoms with E-state index in [2.05, 4.69) is 38.0 Å². The van der Waals surface area contributed by atoms with Gasteiger partial charge in [0.1, 0.15) is 17.7 Å². The molecule has 2 aromatic heterocycles. The largest absolute Gasteiger partial charge is 0.470 e. The molecule has 1 atom stereocenters. The number of thioether (sulfide) groups is 1. The molecule has 1 amide bonds. The predicted molar refractivity (Wildman–Crippen MR) is 115 cm³/mol. The molecule has 1 N–H and O–H groups in total. The number of hydrogen-bond acceptors (Lipinski definition) is 6. The first-order chi connectivity index (χ1) is 12.8. The minimum absolute atomic E-state index is 0.226. The molecule has 2 heterocycles. The molecule has 3 rings (SSSR count). The molecule has 0 bridgehead atoms. The van der Waals surface area contributed by atoms with Crippen molar-refractivity contribution in [3.8, 4) is 5.75 Å². The summed E-state index contributed by atoms with van der Waals surface area (Å²) in [6.07, 6.45) is 5.22. The molecular weight excluding hydrogens is 477 g/mol. The third-order valence-electron chi connectivity index (χ3n) is 4.07. The average molecular weight is 497 g/mol. The zero-order valence-electron chi connectivity index (χ0n) is 15.4. The van der Waals surface area contributed by atoms with Crippen LogP contribution in [0, 0.1) is 10.5 Å². The molecule has 1 unspecified atom stereocenters. The van der Waals surface area contributed by atoms with E-state index in [-0.39, 0.29) is 5.91 Å². The number of benzene rings is 1. The first kappa shape index (κ1) is 19.9. The monoisotopic (exact) mass is 497 g/mol. The molecule has 0 aliphatic heterocycles. The lowest BCUT2D eigenvalue weighted by atomic mass is 9.97. The Morgan fingerprint density at radius 3 is 2.81 bits per heavy atom. The van der Waals surface area contributed by atoms with Crippen molar-refractivity contribution in [2.45, 2.75) is 31.7 Å². The number of pyridine rings is 1. The number of halogens is 1. The molecule has 0 radical (unpaired) electrons. The fraction of sp³-hybridized carbons (Fsp3) is 0.316. The van der Waals surface area contributed by atoms with Gasteiger partial charge in [-0.25, -0.2) is 0 Å². The number of nitrogens with one attached hydrogen (secondary N) is 1. The van der Waals surface area contributed by atoms with Crippen molar-refractivity contribution in [3.05, 3.63) is 51.6 Å². The number of amides is 1. The van der Waals surface area contributed by atoms with E-state index in [1.807, 2.05) is 57.5 Å². The summed E-state index contributed by atoms with van der Waals surface area (Å²) in [4.78, 5) is 17.2. The second kappa shape index (κ2) is 8.05. The SMILES string of the molecule is CSC(Oc1ccc2ncc(I)cc2c1)C(=O)NC(C)(C)c1nocc1C. The lowest BCUT2D eigenvalue weighted by Crippen LogP contribution is -2.47. The molecule has 142 valence electrons. The van der Waals surface area contributed by atoms with E-state index in [4.69, 9.17) is 9.26 Å². The molecule has 27 heavy (non-hydrogen) atoms. The van der Waals surface area contributed by atoms with Gasteiger partial charge in [-0.15, -0.1) is 11.8 Å². The van der Waals surface area contributed by atoms with Crippen LogP contribution in [0.3, 0.4) is 0 Å². The van der Waals surface area contributed by atoms with Gasteiger partial charge in [0.15, 0.2) is 0 Å². The third kappa shape index (κ3) is 4.55. The van der Waals surface area contributed by atoms with Gasteiger partial charge in [-0.1, -0.05) is 5.16 Å². The molecule has 0 fully saturated rings. The van der Waals surface area contributed by atoms with E-state index in [0.29, 0.717) is 11.4 Å². The van der Waals surface area contributed by atoms with Crippen LogP contribution in [0.15, 0.2) is 41.2 Å². The molecule has 0 aliphatic carbocycles. The van der Waals surface area contributed by atoms with E-state index >= 15 is 0 Å². The summed E-state index contributed by atoms with van der Waals surface area (Å²) < 4.78 is 12.0. The van der Waals surface area contributed by atoms with E-state index in [9.17, 15) is 4.79 Å². The van der Waals surface area contributed by atoms with Gasteiger partial charge in [0, 0.05) is 20.7 Å². The summed E-state index contributed by atoms with van der Waals surface area (Å²) in [6, 6.07) is 7.64. The number of rotatable bonds is 6. The number of carbonyl (C=O) groups is 1. The smallest absolute Gasteiger partial charge is 0.272 e. The highest BCUT2D eigenvalue weighted by Crippen LogP contribution is 2.26. The highest BCUT2D eigenvalue weighted by Gasteiger charge is 2.31. The number of fused-ring (bicyclic) bond motifs is 1. The minimum atomic E-state index is -0.690. The molecule has 0 saturated carbocycles. The quantitative estimate of drug-likeness (QED) is 0.405. The van der Waals surface area contributed by atoms with Gasteiger partial charge >= 0.3 is 0 Å². The Bertz CT molecular complexity index is 974. The lowest BCUT2D eigenvalue weighted by molar-refractivity contribution is -0.126. The molecule has 1 aromatic carbocycles. The highest BCUT2D eigenvalue weighted by molar-refractivity contribution is 14.1. The van der Waals surface area contributed by atoms with E-state index < -0.39 is 11.0 Å². The third-order valence-corrected chi connectivity index (χ3v) is 5.39. The number of hydrogen-bond donors (Lipinski definition) is 1. The molecular formula is C19H20IN3O3S. The van der Waals surface area contributed by atoms with Gasteiger partial charge in [-0.05, 0) is 73.9 Å². The molecule has 0 saturated heterocycles. The van der Waals surface area contributed by atoms with Crippen LogP contribution in [0.5, 0.6) is 5.75 Å². The normalized spacial score (nSPS) is 12.8. The maximum absolute atomic E-state index is 12.8. The summed E-state index contributed by atoms with van der Waals surface area (Å²) in [5.41, 5.74) is 1.11. The highest BCUT2D eigenvalue weighted by atomic mass is 127.